The third kappa shape index (κ3) is 3.40. The van der Waals surface area contributed by atoms with Crippen LogP contribution in [0.5, 0.6) is 0 Å². The molecule has 2 aromatic carbocycles. The third-order valence-electron chi connectivity index (χ3n) is 3.40. The zero-order valence-electron chi connectivity index (χ0n) is 13.0. The number of amides is 1. The van der Waals surface area contributed by atoms with Gasteiger partial charge in [-0.25, -0.2) is 4.98 Å². The Morgan fingerprint density at radius 2 is 1.74 bits per heavy atom. The fourth-order valence-corrected chi connectivity index (χ4v) is 2.14. The topological polar surface area (TPSA) is 58.4 Å². The molecule has 0 aliphatic carbocycles. The quantitative estimate of drug-likeness (QED) is 0.799. The Morgan fingerprint density at radius 3 is 2.39 bits per heavy atom. The second kappa shape index (κ2) is 6.36. The van der Waals surface area contributed by atoms with Crippen LogP contribution in [0.1, 0.15) is 10.7 Å². The van der Waals surface area contributed by atoms with Crippen LogP contribution in [-0.2, 0) is 0 Å². The van der Waals surface area contributed by atoms with Gasteiger partial charge in [-0.15, -0.1) is 0 Å². The van der Waals surface area contributed by atoms with E-state index in [2.05, 4.69) is 10.3 Å². The molecule has 0 spiro atoms. The van der Waals surface area contributed by atoms with Crippen LogP contribution in [0.3, 0.4) is 0 Å². The van der Waals surface area contributed by atoms with E-state index >= 15 is 0 Å². The third-order valence-corrected chi connectivity index (χ3v) is 3.40. The number of carbonyl (C=O) groups excluding carboxylic acids is 1. The van der Waals surface area contributed by atoms with Gasteiger partial charge in [0, 0.05) is 31.0 Å². The van der Waals surface area contributed by atoms with Crippen LogP contribution in [0.25, 0.3) is 11.3 Å². The Labute approximate surface area is 134 Å². The highest BCUT2D eigenvalue weighted by atomic mass is 16.4. The Morgan fingerprint density at radius 1 is 1.04 bits per heavy atom. The molecule has 1 aromatic heterocycles. The number of oxazole rings is 1. The second-order valence-electron chi connectivity index (χ2n) is 5.29. The van der Waals surface area contributed by atoms with Crippen molar-refractivity contribution >= 4 is 17.3 Å². The number of hydrogen-bond acceptors (Lipinski definition) is 4. The van der Waals surface area contributed by atoms with Gasteiger partial charge in [-0.3, -0.25) is 4.79 Å². The van der Waals surface area contributed by atoms with Crippen molar-refractivity contribution in [3.63, 3.8) is 0 Å². The van der Waals surface area contributed by atoms with E-state index in [9.17, 15) is 4.79 Å². The first kappa shape index (κ1) is 14.8. The largest absolute Gasteiger partial charge is 0.432 e. The number of anilines is 2. The summed E-state index contributed by atoms with van der Waals surface area (Å²) in [7, 11) is 3.93. The summed E-state index contributed by atoms with van der Waals surface area (Å²) in [6.07, 6.45) is 1.55. The molecule has 1 heterocycles. The lowest BCUT2D eigenvalue weighted by atomic mass is 10.2. The van der Waals surface area contributed by atoms with Crippen LogP contribution >= 0.6 is 0 Å². The van der Waals surface area contributed by atoms with E-state index in [0.717, 1.165) is 11.3 Å². The van der Waals surface area contributed by atoms with Crippen LogP contribution in [0, 0.1) is 0 Å². The van der Waals surface area contributed by atoms with Gasteiger partial charge in [0.1, 0.15) is 0 Å². The number of benzene rings is 2. The fraction of sp³-hybridized carbons (Fsp3) is 0.111. The minimum atomic E-state index is -0.371. The van der Waals surface area contributed by atoms with E-state index in [1.54, 1.807) is 6.20 Å². The predicted octanol–water partition coefficient (Wildman–Crippen LogP) is 3.66. The van der Waals surface area contributed by atoms with Crippen molar-refractivity contribution in [2.45, 2.75) is 0 Å². The molecular formula is C18H17N3O2. The van der Waals surface area contributed by atoms with Gasteiger partial charge in [-0.2, -0.15) is 0 Å². The molecule has 1 amide bonds. The van der Waals surface area contributed by atoms with E-state index in [1.807, 2.05) is 73.6 Å². The summed E-state index contributed by atoms with van der Waals surface area (Å²) in [5, 5.41) is 2.78. The highest BCUT2D eigenvalue weighted by molar-refractivity contribution is 6.01. The Balaban J connectivity index is 1.72. The summed E-state index contributed by atoms with van der Waals surface area (Å²) in [4.78, 5) is 18.2. The molecule has 5 heteroatoms. The van der Waals surface area contributed by atoms with Crippen LogP contribution in [0.4, 0.5) is 11.4 Å². The van der Waals surface area contributed by atoms with Crippen molar-refractivity contribution in [1.82, 2.24) is 4.98 Å². The van der Waals surface area contributed by atoms with E-state index in [-0.39, 0.29) is 11.8 Å². The maximum Gasteiger partial charge on any atom is 0.311 e. The van der Waals surface area contributed by atoms with E-state index in [1.165, 1.54) is 0 Å². The number of nitrogens with zero attached hydrogens (tertiary/aromatic N) is 2. The van der Waals surface area contributed by atoms with Gasteiger partial charge in [0.2, 0.25) is 0 Å². The van der Waals surface area contributed by atoms with Gasteiger partial charge in [0.15, 0.2) is 5.76 Å². The van der Waals surface area contributed by atoms with E-state index in [0.29, 0.717) is 11.4 Å². The molecule has 0 aliphatic heterocycles. The van der Waals surface area contributed by atoms with Gasteiger partial charge in [-0.1, -0.05) is 30.3 Å². The SMILES string of the molecule is CN(C)c1ccc(NC(=O)c2ncc(-c3ccccc3)o2)cc1. The highest BCUT2D eigenvalue weighted by Gasteiger charge is 2.14. The summed E-state index contributed by atoms with van der Waals surface area (Å²) in [5.74, 6) is 0.240. The normalized spacial score (nSPS) is 10.3. The monoisotopic (exact) mass is 307 g/mol. The van der Waals surface area contributed by atoms with Crippen LogP contribution in [0.15, 0.2) is 65.2 Å². The number of carbonyl (C=O) groups is 1. The molecule has 0 saturated carbocycles. The average molecular weight is 307 g/mol. The average Bonchev–Trinajstić information content (AvgIpc) is 3.06. The first-order valence-electron chi connectivity index (χ1n) is 7.23. The van der Waals surface area contributed by atoms with E-state index < -0.39 is 0 Å². The second-order valence-corrected chi connectivity index (χ2v) is 5.29. The standard InChI is InChI=1S/C18H17N3O2/c1-21(2)15-10-8-14(9-11-15)20-17(22)18-19-12-16(23-18)13-6-4-3-5-7-13/h3-12H,1-2H3,(H,20,22). The zero-order valence-corrected chi connectivity index (χ0v) is 13.0. The summed E-state index contributed by atoms with van der Waals surface area (Å²) in [5.41, 5.74) is 2.64. The molecule has 1 N–H and O–H groups in total. The number of rotatable bonds is 4. The molecule has 3 aromatic rings. The lowest BCUT2D eigenvalue weighted by molar-refractivity contribution is 0.0991. The molecule has 0 fully saturated rings. The number of aromatic nitrogens is 1. The molecule has 23 heavy (non-hydrogen) atoms. The minimum absolute atomic E-state index is 0.0422. The van der Waals surface area contributed by atoms with Gasteiger partial charge in [0.25, 0.3) is 5.89 Å². The highest BCUT2D eigenvalue weighted by Crippen LogP contribution is 2.21. The van der Waals surface area contributed by atoms with Crippen LogP contribution < -0.4 is 10.2 Å². The Kier molecular flexibility index (Phi) is 4.10. The predicted molar refractivity (Wildman–Crippen MR) is 90.7 cm³/mol. The molecule has 0 radical (unpaired) electrons. The van der Waals surface area contributed by atoms with Crippen LogP contribution in [-0.4, -0.2) is 25.0 Å². The van der Waals surface area contributed by atoms with Gasteiger partial charge in [-0.05, 0) is 24.3 Å². The molecular weight excluding hydrogens is 290 g/mol. The van der Waals surface area contributed by atoms with Crippen molar-refractivity contribution in [2.24, 2.45) is 0 Å². The lowest BCUT2D eigenvalue weighted by Gasteiger charge is -2.12. The maximum absolute atomic E-state index is 12.2. The molecule has 0 aliphatic rings. The first-order chi connectivity index (χ1) is 11.1. The molecule has 5 nitrogen and oxygen atoms in total. The van der Waals surface area contributed by atoms with E-state index in [4.69, 9.17) is 4.42 Å². The summed E-state index contributed by atoms with van der Waals surface area (Å²) in [6, 6.07) is 17.1. The fourth-order valence-electron chi connectivity index (χ4n) is 2.14. The molecule has 0 unspecified atom stereocenters. The molecule has 0 atom stereocenters. The van der Waals surface area contributed by atoms with Gasteiger partial charge in [0.05, 0.1) is 6.20 Å². The van der Waals surface area contributed by atoms with Crippen LogP contribution in [0.2, 0.25) is 0 Å². The smallest absolute Gasteiger partial charge is 0.311 e. The Hall–Kier alpha value is -3.08. The number of nitrogens with one attached hydrogen (secondary N) is 1. The molecule has 0 saturated heterocycles. The maximum atomic E-state index is 12.2. The minimum Gasteiger partial charge on any atom is -0.432 e. The zero-order chi connectivity index (χ0) is 16.2. The summed E-state index contributed by atoms with van der Waals surface area (Å²) < 4.78 is 5.53. The molecule has 3 rings (SSSR count). The van der Waals surface area contributed by atoms with Crippen molar-refractivity contribution < 1.29 is 9.21 Å². The molecule has 0 bridgehead atoms. The van der Waals surface area contributed by atoms with Gasteiger partial charge >= 0.3 is 5.91 Å². The van der Waals surface area contributed by atoms with Crippen molar-refractivity contribution in [1.29, 1.82) is 0 Å². The van der Waals surface area contributed by atoms with Crippen molar-refractivity contribution in [2.75, 3.05) is 24.3 Å². The number of hydrogen-bond donors (Lipinski definition) is 1. The summed E-state index contributed by atoms with van der Waals surface area (Å²) >= 11 is 0. The molecule has 116 valence electrons. The first-order valence-corrected chi connectivity index (χ1v) is 7.23. The van der Waals surface area contributed by atoms with Crippen molar-refractivity contribution in [3.8, 4) is 11.3 Å². The summed E-state index contributed by atoms with van der Waals surface area (Å²) in [6.45, 7) is 0. The Bertz CT molecular complexity index is 793. The van der Waals surface area contributed by atoms with Gasteiger partial charge < -0.3 is 14.6 Å². The van der Waals surface area contributed by atoms with Crippen molar-refractivity contribution in [3.05, 3.63) is 66.7 Å². The lowest BCUT2D eigenvalue weighted by Crippen LogP contribution is -2.12.